The first-order chi connectivity index (χ1) is 22.0. The van der Waals surface area contributed by atoms with Crippen molar-refractivity contribution in [3.63, 3.8) is 0 Å². The Kier molecular flexibility index (Phi) is 14.9. The Balaban J connectivity index is 2.80. The topological polar surface area (TPSA) is 97.6 Å². The minimum absolute atomic E-state index is 0.143. The number of hydrazine groups is 1. The Hall–Kier alpha value is -2.99. The van der Waals surface area contributed by atoms with Crippen molar-refractivity contribution < 1.29 is 14.4 Å². The Morgan fingerprint density at radius 2 is 1.49 bits per heavy atom. The Morgan fingerprint density at radius 1 is 0.957 bits per heavy atom. The zero-order valence-electron chi connectivity index (χ0n) is 31.4. The largest absolute Gasteiger partial charge is 0.348 e. The highest BCUT2D eigenvalue weighted by Gasteiger charge is 2.42. The summed E-state index contributed by atoms with van der Waals surface area (Å²) < 4.78 is 0. The fourth-order valence-corrected chi connectivity index (χ4v) is 7.15. The predicted molar refractivity (Wildman–Crippen MR) is 195 cm³/mol. The highest BCUT2D eigenvalue weighted by atomic mass is 32.1. The molecule has 0 fully saturated rings. The summed E-state index contributed by atoms with van der Waals surface area (Å²) in [7, 11) is 1.41. The summed E-state index contributed by atoms with van der Waals surface area (Å²) in [6, 6.07) is 2.01. The average molecular weight is 668 g/mol. The summed E-state index contributed by atoms with van der Waals surface area (Å²) in [4.78, 5) is 49.4. The maximum atomic E-state index is 14.1. The van der Waals surface area contributed by atoms with Gasteiger partial charge in [0.25, 0.3) is 11.8 Å². The van der Waals surface area contributed by atoms with Crippen LogP contribution < -0.4 is 4.90 Å². The molecule has 47 heavy (non-hydrogen) atoms. The van der Waals surface area contributed by atoms with Gasteiger partial charge in [-0.15, -0.1) is 0 Å². The van der Waals surface area contributed by atoms with Crippen LogP contribution in [0, 0.1) is 28.6 Å². The number of thiazole rings is 1. The molecule has 1 aliphatic rings. The monoisotopic (exact) mass is 667 g/mol. The van der Waals surface area contributed by atoms with Gasteiger partial charge >= 0.3 is 0 Å². The number of unbranched alkanes of at least 4 members (excludes halogenated alkanes) is 2. The quantitative estimate of drug-likeness (QED) is 0.121. The van der Waals surface area contributed by atoms with Crippen molar-refractivity contribution in [3.05, 3.63) is 27.3 Å². The highest BCUT2D eigenvalue weighted by molar-refractivity contribution is 7.16. The summed E-state index contributed by atoms with van der Waals surface area (Å²) in [6.45, 7) is 24.2. The molecule has 0 aromatic carbocycles. The van der Waals surface area contributed by atoms with Crippen molar-refractivity contribution in [2.45, 2.75) is 139 Å². The molecule has 0 bridgehead atoms. The van der Waals surface area contributed by atoms with E-state index in [9.17, 15) is 19.6 Å². The van der Waals surface area contributed by atoms with Gasteiger partial charge in [0, 0.05) is 36.5 Å². The van der Waals surface area contributed by atoms with Crippen LogP contribution in [-0.2, 0) is 19.8 Å². The van der Waals surface area contributed by atoms with Crippen molar-refractivity contribution in [1.82, 2.24) is 15.0 Å². The van der Waals surface area contributed by atoms with Crippen molar-refractivity contribution >= 4 is 40.3 Å². The number of nitriles is 1. The molecular formula is C38H61N5O3S. The fourth-order valence-electron chi connectivity index (χ4n) is 5.94. The minimum Gasteiger partial charge on any atom is -0.348 e. The van der Waals surface area contributed by atoms with E-state index < -0.39 is 23.1 Å². The number of rotatable bonds is 17. The third-order valence-electron chi connectivity index (χ3n) is 9.71. The molecule has 262 valence electrons. The van der Waals surface area contributed by atoms with Crippen LogP contribution in [-0.4, -0.2) is 52.9 Å². The van der Waals surface area contributed by atoms with E-state index in [-0.39, 0.29) is 16.6 Å². The normalized spacial score (nSPS) is 16.5. The molecule has 0 radical (unpaired) electrons. The zero-order chi connectivity index (χ0) is 35.7. The molecule has 1 aliphatic heterocycles. The number of imide groups is 1. The number of carbonyl (C=O) groups is 3. The smallest absolute Gasteiger partial charge is 0.290 e. The van der Waals surface area contributed by atoms with E-state index >= 15 is 0 Å². The molecule has 9 heteroatoms. The van der Waals surface area contributed by atoms with Gasteiger partial charge in [0.1, 0.15) is 11.6 Å². The van der Waals surface area contributed by atoms with Gasteiger partial charge in [-0.05, 0) is 49.7 Å². The van der Waals surface area contributed by atoms with Crippen LogP contribution in [0.4, 0.5) is 5.13 Å². The number of hydrogen-bond donors (Lipinski definition) is 0. The van der Waals surface area contributed by atoms with Gasteiger partial charge in [-0.1, -0.05) is 119 Å². The van der Waals surface area contributed by atoms with Crippen molar-refractivity contribution in [2.24, 2.45) is 17.3 Å². The second-order valence-corrected chi connectivity index (χ2v) is 15.9. The summed E-state index contributed by atoms with van der Waals surface area (Å²) in [5.74, 6) is -0.680. The Labute approximate surface area is 289 Å². The second kappa shape index (κ2) is 17.4. The lowest BCUT2D eigenvalue weighted by atomic mass is 9.85. The molecule has 1 aromatic heterocycles. The van der Waals surface area contributed by atoms with Crippen LogP contribution >= 0.6 is 11.3 Å². The number of anilines is 1. The first kappa shape index (κ1) is 40.2. The predicted octanol–water partition coefficient (Wildman–Crippen LogP) is 9.08. The van der Waals surface area contributed by atoms with E-state index in [0.29, 0.717) is 17.4 Å². The molecule has 2 atom stereocenters. The molecule has 0 spiro atoms. The number of nitrogens with zero attached hydrogens (tertiary/aromatic N) is 5. The zero-order valence-corrected chi connectivity index (χ0v) is 32.2. The van der Waals surface area contributed by atoms with Crippen molar-refractivity contribution in [1.29, 1.82) is 5.26 Å². The lowest BCUT2D eigenvalue weighted by Gasteiger charge is -2.36. The third kappa shape index (κ3) is 9.78. The van der Waals surface area contributed by atoms with Crippen LogP contribution in [0.2, 0.25) is 0 Å². The number of carbonyl (C=O) groups excluding carboxylic acids is 3. The van der Waals surface area contributed by atoms with Crippen molar-refractivity contribution in [2.75, 3.05) is 25.0 Å². The van der Waals surface area contributed by atoms with Gasteiger partial charge in [-0.3, -0.25) is 14.4 Å². The number of aromatic nitrogens is 1. The van der Waals surface area contributed by atoms with Crippen molar-refractivity contribution in [3.8, 4) is 6.07 Å². The molecule has 2 unspecified atom stereocenters. The summed E-state index contributed by atoms with van der Waals surface area (Å²) in [5.41, 5.74) is 0.190. The molecule has 0 saturated heterocycles. The highest BCUT2D eigenvalue weighted by Crippen LogP contribution is 2.40. The first-order valence-corrected chi connectivity index (χ1v) is 18.6. The maximum absolute atomic E-state index is 14.1. The maximum Gasteiger partial charge on any atom is 0.290 e. The average Bonchev–Trinajstić information content (AvgIpc) is 3.46. The Morgan fingerprint density at radius 3 is 1.91 bits per heavy atom. The van der Waals surface area contributed by atoms with E-state index in [2.05, 4.69) is 53.4 Å². The molecule has 0 aliphatic carbocycles. The van der Waals surface area contributed by atoms with Crippen LogP contribution in [0.5, 0.6) is 0 Å². The molecule has 3 amide bonds. The van der Waals surface area contributed by atoms with Crippen LogP contribution in [0.1, 0.15) is 145 Å². The van der Waals surface area contributed by atoms with Gasteiger partial charge < -0.3 is 4.90 Å². The lowest BCUT2D eigenvalue weighted by Crippen LogP contribution is -2.56. The molecule has 1 aromatic rings. The molecular weight excluding hydrogens is 607 g/mol. The van der Waals surface area contributed by atoms with Gasteiger partial charge in [0.05, 0.1) is 10.6 Å². The SMILES string of the molecule is CCCCC(CC)CN(CC(CC)CCCC)c1nc(C(C)(C)CC)c(/C=C2\C(=O)N(N(C)C(=O)C(C)(C)C)C(=O)C(C#N)=C2C)s1. The number of hydrogen-bond acceptors (Lipinski definition) is 7. The van der Waals surface area contributed by atoms with Gasteiger partial charge in [-0.2, -0.15) is 10.3 Å². The van der Waals surface area contributed by atoms with E-state index in [1.54, 1.807) is 45.1 Å². The van der Waals surface area contributed by atoms with Gasteiger partial charge in [0.2, 0.25) is 5.91 Å². The van der Waals surface area contributed by atoms with Gasteiger partial charge in [0.15, 0.2) is 5.13 Å². The summed E-state index contributed by atoms with van der Waals surface area (Å²) in [6.07, 6.45) is 12.0. The minimum atomic E-state index is -0.836. The lowest BCUT2D eigenvalue weighted by molar-refractivity contribution is -0.171. The number of amides is 3. The molecule has 0 saturated carbocycles. The van der Waals surface area contributed by atoms with E-state index in [4.69, 9.17) is 4.98 Å². The Bertz CT molecular complexity index is 1340. The summed E-state index contributed by atoms with van der Waals surface area (Å²) in [5, 5.41) is 12.9. The standard InChI is InChI=1S/C38H61N5O3S/c1-13-18-20-27(15-3)24-42(25-28(16-4)21-19-14-2)36-40-32(38(10,11)17-5)31(47-36)22-29-26(6)30(23-39)34(45)43(33(29)44)41(12)35(46)37(7,8)9/h22,27-28H,13-21,24-25H2,1-12H3/b29-22-. The summed E-state index contributed by atoms with van der Waals surface area (Å²) >= 11 is 1.59. The third-order valence-corrected chi connectivity index (χ3v) is 10.8. The van der Waals surface area contributed by atoms with E-state index in [1.165, 1.54) is 45.6 Å². The van der Waals surface area contributed by atoms with Crippen LogP contribution in [0.3, 0.4) is 0 Å². The second-order valence-electron chi connectivity index (χ2n) is 14.9. The molecule has 2 rings (SSSR count). The van der Waals surface area contributed by atoms with Crippen LogP contribution in [0.15, 0.2) is 16.7 Å². The fraction of sp³-hybridized carbons (Fsp3) is 0.711. The van der Waals surface area contributed by atoms with Gasteiger partial charge in [-0.25, -0.2) is 9.99 Å². The molecule has 0 N–H and O–H groups in total. The first-order valence-electron chi connectivity index (χ1n) is 17.8. The van der Waals surface area contributed by atoms with E-state index in [1.807, 2.05) is 6.07 Å². The van der Waals surface area contributed by atoms with Crippen LogP contribution in [0.25, 0.3) is 6.08 Å². The van der Waals surface area contributed by atoms with E-state index in [0.717, 1.165) is 58.1 Å². The molecule has 8 nitrogen and oxygen atoms in total. The molecule has 2 heterocycles.